The number of hydrogen-bond donors (Lipinski definition) is 1. The summed E-state index contributed by atoms with van der Waals surface area (Å²) in [5.74, 6) is -3.36. The van der Waals surface area contributed by atoms with E-state index in [0.29, 0.717) is 0 Å². The zero-order valence-corrected chi connectivity index (χ0v) is 7.61. The zero-order chi connectivity index (χ0) is 10.9. The van der Waals surface area contributed by atoms with Crippen molar-refractivity contribution in [2.75, 3.05) is 0 Å². The molecular formula is C9H5ClF2O2. The minimum atomic E-state index is -1.34. The summed E-state index contributed by atoms with van der Waals surface area (Å²) in [4.78, 5) is 10.4. The Morgan fingerprint density at radius 1 is 1.36 bits per heavy atom. The summed E-state index contributed by atoms with van der Waals surface area (Å²) in [5.41, 5.74) is -0.531. The molecule has 0 bridgehead atoms. The number of benzene rings is 1. The summed E-state index contributed by atoms with van der Waals surface area (Å²) < 4.78 is 25.7. The highest BCUT2D eigenvalue weighted by molar-refractivity contribution is 6.31. The zero-order valence-electron chi connectivity index (χ0n) is 6.85. The Bertz CT molecular complexity index is 392. The standard InChI is InChI=1S/C9H5ClF2O2/c1-4(9(13)14)5-2-6(11)8(10)7(12)3-5/h2-3H,1H2,(H,13,14). The Hall–Kier alpha value is -1.42. The van der Waals surface area contributed by atoms with Crippen LogP contribution in [0.15, 0.2) is 18.7 Å². The molecule has 0 atom stereocenters. The molecule has 0 aliphatic carbocycles. The molecule has 2 nitrogen and oxygen atoms in total. The van der Waals surface area contributed by atoms with Crippen LogP contribution in [0.4, 0.5) is 8.78 Å². The Labute approximate surface area is 83.4 Å². The number of rotatable bonds is 2. The second kappa shape index (κ2) is 3.75. The molecule has 0 aliphatic rings. The monoisotopic (exact) mass is 218 g/mol. The van der Waals surface area contributed by atoms with Gasteiger partial charge in [-0.2, -0.15) is 0 Å². The molecule has 0 unspecified atom stereocenters. The third-order valence-electron chi connectivity index (χ3n) is 1.59. The first kappa shape index (κ1) is 10.7. The fourth-order valence-corrected chi connectivity index (χ4v) is 0.962. The van der Waals surface area contributed by atoms with Crippen LogP contribution in [0.25, 0.3) is 5.57 Å². The van der Waals surface area contributed by atoms with Crippen molar-refractivity contribution in [1.29, 1.82) is 0 Å². The molecule has 0 radical (unpaired) electrons. The molecule has 14 heavy (non-hydrogen) atoms. The van der Waals surface area contributed by atoms with E-state index in [0.717, 1.165) is 12.1 Å². The molecule has 0 heterocycles. The summed E-state index contributed by atoms with van der Waals surface area (Å²) >= 11 is 5.21. The smallest absolute Gasteiger partial charge is 0.335 e. The predicted octanol–water partition coefficient (Wildman–Crippen LogP) is 2.72. The molecular weight excluding hydrogens is 214 g/mol. The van der Waals surface area contributed by atoms with Gasteiger partial charge in [0.2, 0.25) is 0 Å². The van der Waals surface area contributed by atoms with Crippen molar-refractivity contribution in [1.82, 2.24) is 0 Å². The van der Waals surface area contributed by atoms with Gasteiger partial charge in [-0.1, -0.05) is 18.2 Å². The fraction of sp³-hybridized carbons (Fsp3) is 0. The van der Waals surface area contributed by atoms with Crippen LogP contribution in [0, 0.1) is 11.6 Å². The van der Waals surface area contributed by atoms with Gasteiger partial charge in [0.1, 0.15) is 16.7 Å². The van der Waals surface area contributed by atoms with E-state index in [1.54, 1.807) is 0 Å². The van der Waals surface area contributed by atoms with Gasteiger partial charge in [0, 0.05) is 0 Å². The molecule has 1 aromatic carbocycles. The van der Waals surface area contributed by atoms with Gasteiger partial charge in [0.25, 0.3) is 0 Å². The summed E-state index contributed by atoms with van der Waals surface area (Å²) in [5, 5.41) is 7.85. The van der Waals surface area contributed by atoms with Crippen molar-refractivity contribution in [3.8, 4) is 0 Å². The van der Waals surface area contributed by atoms with Crippen molar-refractivity contribution in [2.45, 2.75) is 0 Å². The van der Waals surface area contributed by atoms with E-state index in [1.807, 2.05) is 0 Å². The van der Waals surface area contributed by atoms with Crippen LogP contribution in [-0.4, -0.2) is 11.1 Å². The van der Waals surface area contributed by atoms with Gasteiger partial charge in [0.05, 0.1) is 5.57 Å². The van der Waals surface area contributed by atoms with E-state index in [4.69, 9.17) is 16.7 Å². The van der Waals surface area contributed by atoms with Crippen LogP contribution >= 0.6 is 11.6 Å². The van der Waals surface area contributed by atoms with E-state index in [2.05, 4.69) is 6.58 Å². The molecule has 0 saturated heterocycles. The first-order chi connectivity index (χ1) is 6.43. The molecule has 0 fully saturated rings. The molecule has 0 aromatic heterocycles. The third kappa shape index (κ3) is 1.90. The number of carbonyl (C=O) groups is 1. The molecule has 74 valence electrons. The van der Waals surface area contributed by atoms with Crippen LogP contribution in [0.1, 0.15) is 5.56 Å². The molecule has 0 spiro atoms. The van der Waals surface area contributed by atoms with Crippen LogP contribution in [-0.2, 0) is 4.79 Å². The molecule has 0 saturated carbocycles. The van der Waals surface area contributed by atoms with E-state index in [1.165, 1.54) is 0 Å². The normalized spacial score (nSPS) is 9.93. The average Bonchev–Trinajstić information content (AvgIpc) is 2.12. The second-order valence-corrected chi connectivity index (χ2v) is 2.92. The van der Waals surface area contributed by atoms with Gasteiger partial charge in [-0.15, -0.1) is 0 Å². The summed E-state index contributed by atoms with van der Waals surface area (Å²) in [6.07, 6.45) is 0. The number of carboxylic acids is 1. The van der Waals surface area contributed by atoms with E-state index in [-0.39, 0.29) is 11.1 Å². The first-order valence-electron chi connectivity index (χ1n) is 3.50. The lowest BCUT2D eigenvalue weighted by Gasteiger charge is -2.02. The Kier molecular flexibility index (Phi) is 2.86. The topological polar surface area (TPSA) is 37.3 Å². The minimum Gasteiger partial charge on any atom is -0.478 e. The highest BCUT2D eigenvalue weighted by Gasteiger charge is 2.13. The van der Waals surface area contributed by atoms with Crippen molar-refractivity contribution in [3.63, 3.8) is 0 Å². The van der Waals surface area contributed by atoms with Crippen molar-refractivity contribution in [2.24, 2.45) is 0 Å². The van der Waals surface area contributed by atoms with E-state index >= 15 is 0 Å². The maximum absolute atomic E-state index is 12.9. The van der Waals surface area contributed by atoms with E-state index < -0.39 is 22.6 Å². The summed E-state index contributed by atoms with van der Waals surface area (Å²) in [7, 11) is 0. The van der Waals surface area contributed by atoms with Crippen LogP contribution in [0.3, 0.4) is 0 Å². The van der Waals surface area contributed by atoms with Gasteiger partial charge >= 0.3 is 5.97 Å². The quantitative estimate of drug-likeness (QED) is 0.612. The second-order valence-electron chi connectivity index (χ2n) is 2.54. The molecule has 1 aromatic rings. The number of hydrogen-bond acceptors (Lipinski definition) is 1. The molecule has 5 heteroatoms. The summed E-state index contributed by atoms with van der Waals surface area (Å²) in [6, 6.07) is 1.64. The minimum absolute atomic E-state index is 0.142. The highest BCUT2D eigenvalue weighted by atomic mass is 35.5. The predicted molar refractivity (Wildman–Crippen MR) is 48.0 cm³/mol. The number of carboxylic acid groups (broad SMARTS) is 1. The van der Waals surface area contributed by atoms with Crippen molar-refractivity contribution >= 4 is 23.1 Å². The SMILES string of the molecule is C=C(C(=O)O)c1cc(F)c(Cl)c(F)c1. The van der Waals surface area contributed by atoms with Crippen LogP contribution in [0.2, 0.25) is 5.02 Å². The fourth-order valence-electron chi connectivity index (χ4n) is 0.853. The van der Waals surface area contributed by atoms with Gasteiger partial charge in [0.15, 0.2) is 0 Å². The van der Waals surface area contributed by atoms with Gasteiger partial charge in [-0.3, -0.25) is 0 Å². The largest absolute Gasteiger partial charge is 0.478 e. The van der Waals surface area contributed by atoms with Gasteiger partial charge < -0.3 is 5.11 Å². The average molecular weight is 219 g/mol. The first-order valence-corrected chi connectivity index (χ1v) is 3.88. The van der Waals surface area contributed by atoms with Gasteiger partial charge in [-0.05, 0) is 17.7 Å². The van der Waals surface area contributed by atoms with Crippen molar-refractivity contribution < 1.29 is 18.7 Å². The number of aliphatic carboxylic acids is 1. The molecule has 1 N–H and O–H groups in total. The Balaban J connectivity index is 3.26. The Morgan fingerprint density at radius 2 is 1.79 bits per heavy atom. The number of halogens is 3. The van der Waals surface area contributed by atoms with Gasteiger partial charge in [-0.25, -0.2) is 13.6 Å². The summed E-state index contributed by atoms with van der Waals surface area (Å²) in [6.45, 7) is 3.16. The lowest BCUT2D eigenvalue weighted by Crippen LogP contribution is -1.99. The molecule has 0 amide bonds. The molecule has 1 rings (SSSR count). The van der Waals surface area contributed by atoms with Crippen LogP contribution < -0.4 is 0 Å². The third-order valence-corrected chi connectivity index (χ3v) is 1.95. The highest BCUT2D eigenvalue weighted by Crippen LogP contribution is 2.23. The molecule has 0 aliphatic heterocycles. The van der Waals surface area contributed by atoms with Crippen molar-refractivity contribution in [3.05, 3.63) is 40.9 Å². The maximum atomic E-state index is 12.9. The van der Waals surface area contributed by atoms with E-state index in [9.17, 15) is 13.6 Å². The maximum Gasteiger partial charge on any atom is 0.335 e. The van der Waals surface area contributed by atoms with Crippen LogP contribution in [0.5, 0.6) is 0 Å². The lowest BCUT2D eigenvalue weighted by molar-refractivity contribution is -0.130. The Morgan fingerprint density at radius 3 is 2.14 bits per heavy atom. The lowest BCUT2D eigenvalue weighted by atomic mass is 10.1.